The Morgan fingerprint density at radius 3 is 3.00 bits per heavy atom. The van der Waals surface area contributed by atoms with Crippen LogP contribution in [0.2, 0.25) is 5.02 Å². The number of rotatable bonds is 1. The van der Waals surface area contributed by atoms with E-state index in [-0.39, 0.29) is 0 Å². The van der Waals surface area contributed by atoms with Gasteiger partial charge in [-0.25, -0.2) is 0 Å². The Morgan fingerprint density at radius 2 is 2.25 bits per heavy atom. The number of halogens is 1. The van der Waals surface area contributed by atoms with E-state index in [4.69, 9.17) is 11.6 Å². The van der Waals surface area contributed by atoms with Crippen molar-refractivity contribution in [3.8, 4) is 0 Å². The van der Waals surface area contributed by atoms with Crippen molar-refractivity contribution in [1.29, 1.82) is 0 Å². The SMILES string of the molecule is C/C=C\N=C1c2ccc(Cl)cc2CCC1C. The van der Waals surface area contributed by atoms with Gasteiger partial charge in [0, 0.05) is 11.2 Å². The molecule has 0 radical (unpaired) electrons. The number of benzene rings is 1. The largest absolute Gasteiger partial charge is 0.261 e. The highest BCUT2D eigenvalue weighted by Gasteiger charge is 2.21. The average Bonchev–Trinajstić information content (AvgIpc) is 2.28. The van der Waals surface area contributed by atoms with Gasteiger partial charge in [-0.05, 0) is 48.9 Å². The van der Waals surface area contributed by atoms with Crippen molar-refractivity contribution in [3.05, 3.63) is 46.6 Å². The van der Waals surface area contributed by atoms with E-state index in [1.165, 1.54) is 16.8 Å². The number of hydrogen-bond acceptors (Lipinski definition) is 1. The fourth-order valence-electron chi connectivity index (χ4n) is 2.14. The fourth-order valence-corrected chi connectivity index (χ4v) is 2.34. The van der Waals surface area contributed by atoms with Crippen LogP contribution in [0.25, 0.3) is 0 Å². The molecule has 2 rings (SSSR count). The molecule has 1 unspecified atom stereocenters. The lowest BCUT2D eigenvalue weighted by Crippen LogP contribution is -2.20. The van der Waals surface area contributed by atoms with Crippen LogP contribution in [0.5, 0.6) is 0 Å². The standard InChI is InChI=1S/C14H16ClN/c1-3-8-16-14-10(2)4-5-11-9-12(15)6-7-13(11)14/h3,6-10H,4-5H2,1-2H3/b8-3-,16-14?. The molecule has 1 aliphatic carbocycles. The van der Waals surface area contributed by atoms with Gasteiger partial charge < -0.3 is 0 Å². The van der Waals surface area contributed by atoms with Crippen LogP contribution in [0.15, 0.2) is 35.5 Å². The topological polar surface area (TPSA) is 12.4 Å². The quantitative estimate of drug-likeness (QED) is 0.688. The summed E-state index contributed by atoms with van der Waals surface area (Å²) in [7, 11) is 0. The lowest BCUT2D eigenvalue weighted by Gasteiger charge is -2.23. The van der Waals surface area contributed by atoms with Gasteiger partial charge in [-0.15, -0.1) is 0 Å². The van der Waals surface area contributed by atoms with Crippen LogP contribution in [-0.4, -0.2) is 5.71 Å². The van der Waals surface area contributed by atoms with Gasteiger partial charge in [-0.1, -0.05) is 30.7 Å². The summed E-state index contributed by atoms with van der Waals surface area (Å²) in [6, 6.07) is 6.10. The first-order valence-electron chi connectivity index (χ1n) is 5.70. The van der Waals surface area contributed by atoms with Gasteiger partial charge in [0.1, 0.15) is 0 Å². The van der Waals surface area contributed by atoms with Crippen LogP contribution in [0.1, 0.15) is 31.4 Å². The summed E-state index contributed by atoms with van der Waals surface area (Å²) >= 11 is 6.01. The molecular weight excluding hydrogens is 218 g/mol. The smallest absolute Gasteiger partial charge is 0.0506 e. The summed E-state index contributed by atoms with van der Waals surface area (Å²) in [5, 5.41) is 0.818. The molecule has 0 saturated carbocycles. The summed E-state index contributed by atoms with van der Waals surface area (Å²) in [5.74, 6) is 0.532. The molecule has 2 heteroatoms. The van der Waals surface area contributed by atoms with E-state index in [2.05, 4.69) is 24.0 Å². The normalized spacial score (nSPS) is 22.7. The first kappa shape index (κ1) is 11.4. The van der Waals surface area contributed by atoms with Gasteiger partial charge in [0.15, 0.2) is 0 Å². The van der Waals surface area contributed by atoms with Crippen LogP contribution >= 0.6 is 11.6 Å². The summed E-state index contributed by atoms with van der Waals surface area (Å²) < 4.78 is 0. The van der Waals surface area contributed by atoms with Gasteiger partial charge >= 0.3 is 0 Å². The molecular formula is C14H16ClN. The Hall–Kier alpha value is -1.08. The molecule has 0 saturated heterocycles. The van der Waals surface area contributed by atoms with Crippen molar-refractivity contribution < 1.29 is 0 Å². The first-order chi connectivity index (χ1) is 7.72. The van der Waals surface area contributed by atoms with E-state index in [0.29, 0.717) is 5.92 Å². The van der Waals surface area contributed by atoms with Crippen LogP contribution < -0.4 is 0 Å². The van der Waals surface area contributed by atoms with Gasteiger partial charge in [0.2, 0.25) is 0 Å². The van der Waals surface area contributed by atoms with E-state index in [1.54, 1.807) is 0 Å². The second-order valence-electron chi connectivity index (χ2n) is 4.24. The Bertz CT molecular complexity index is 446. The third kappa shape index (κ3) is 2.19. The van der Waals surface area contributed by atoms with Crippen molar-refractivity contribution in [1.82, 2.24) is 0 Å². The summed E-state index contributed by atoms with van der Waals surface area (Å²) in [6.07, 6.45) is 6.09. The molecule has 1 atom stereocenters. The number of hydrogen-bond donors (Lipinski definition) is 0. The third-order valence-corrected chi connectivity index (χ3v) is 3.25. The summed E-state index contributed by atoms with van der Waals surface area (Å²) in [6.45, 7) is 4.22. The minimum atomic E-state index is 0.532. The van der Waals surface area contributed by atoms with Crippen molar-refractivity contribution in [2.24, 2.45) is 10.9 Å². The number of aryl methyl sites for hydroxylation is 1. The highest BCUT2D eigenvalue weighted by molar-refractivity contribution is 6.30. The molecule has 0 aromatic heterocycles. The van der Waals surface area contributed by atoms with Crippen molar-refractivity contribution in [2.75, 3.05) is 0 Å². The minimum Gasteiger partial charge on any atom is -0.261 e. The minimum absolute atomic E-state index is 0.532. The molecule has 1 aromatic rings. The second-order valence-corrected chi connectivity index (χ2v) is 4.67. The van der Waals surface area contributed by atoms with Gasteiger partial charge in [0.05, 0.1) is 5.71 Å². The maximum absolute atomic E-state index is 6.01. The van der Waals surface area contributed by atoms with Crippen LogP contribution in [0.3, 0.4) is 0 Å². The number of aliphatic imine (C=N–C) groups is 1. The number of nitrogens with zero attached hydrogens (tertiary/aromatic N) is 1. The Balaban J connectivity index is 2.48. The molecule has 0 heterocycles. The van der Waals surface area contributed by atoms with Crippen molar-refractivity contribution in [3.63, 3.8) is 0 Å². The highest BCUT2D eigenvalue weighted by atomic mass is 35.5. The van der Waals surface area contributed by atoms with E-state index >= 15 is 0 Å². The maximum atomic E-state index is 6.01. The third-order valence-electron chi connectivity index (χ3n) is 3.02. The van der Waals surface area contributed by atoms with E-state index in [0.717, 1.165) is 17.9 Å². The molecule has 1 aromatic carbocycles. The molecule has 1 aliphatic rings. The Kier molecular flexibility index (Phi) is 3.45. The second kappa shape index (κ2) is 4.84. The van der Waals surface area contributed by atoms with Crippen LogP contribution in [0, 0.1) is 5.92 Å². The Labute approximate surface area is 102 Å². The monoisotopic (exact) mass is 233 g/mol. The van der Waals surface area contributed by atoms with Gasteiger partial charge in [-0.2, -0.15) is 0 Å². The summed E-state index contributed by atoms with van der Waals surface area (Å²) in [4.78, 5) is 4.55. The molecule has 0 fully saturated rings. The van der Waals surface area contributed by atoms with E-state index < -0.39 is 0 Å². The van der Waals surface area contributed by atoms with Crippen LogP contribution in [0.4, 0.5) is 0 Å². The zero-order chi connectivity index (χ0) is 11.5. The first-order valence-corrected chi connectivity index (χ1v) is 6.08. The Morgan fingerprint density at radius 1 is 1.44 bits per heavy atom. The fraction of sp³-hybridized carbons (Fsp3) is 0.357. The van der Waals surface area contributed by atoms with E-state index in [9.17, 15) is 0 Å². The number of fused-ring (bicyclic) bond motifs is 1. The zero-order valence-electron chi connectivity index (χ0n) is 9.70. The van der Waals surface area contributed by atoms with Gasteiger partial charge in [0.25, 0.3) is 0 Å². The highest BCUT2D eigenvalue weighted by Crippen LogP contribution is 2.28. The molecule has 0 amide bonds. The molecule has 0 N–H and O–H groups in total. The summed E-state index contributed by atoms with van der Waals surface area (Å²) in [5.41, 5.74) is 3.78. The van der Waals surface area contributed by atoms with Crippen LogP contribution in [-0.2, 0) is 6.42 Å². The maximum Gasteiger partial charge on any atom is 0.0506 e. The van der Waals surface area contributed by atoms with E-state index in [1.807, 2.05) is 25.3 Å². The average molecular weight is 234 g/mol. The molecule has 0 spiro atoms. The van der Waals surface area contributed by atoms with Gasteiger partial charge in [-0.3, -0.25) is 4.99 Å². The molecule has 0 bridgehead atoms. The zero-order valence-corrected chi connectivity index (χ0v) is 10.5. The predicted octanol–water partition coefficient (Wildman–Crippen LogP) is 4.25. The molecule has 1 nitrogen and oxygen atoms in total. The predicted molar refractivity (Wildman–Crippen MR) is 70.3 cm³/mol. The molecule has 0 aliphatic heterocycles. The number of allylic oxidation sites excluding steroid dienone is 1. The lowest BCUT2D eigenvalue weighted by molar-refractivity contribution is 0.663. The molecule has 16 heavy (non-hydrogen) atoms. The molecule has 84 valence electrons. The van der Waals surface area contributed by atoms with Crippen molar-refractivity contribution in [2.45, 2.75) is 26.7 Å². The lowest BCUT2D eigenvalue weighted by atomic mass is 9.83. The van der Waals surface area contributed by atoms with Crippen molar-refractivity contribution >= 4 is 17.3 Å².